The molecule has 0 amide bonds. The molecule has 18 heavy (non-hydrogen) atoms. The molecule has 0 bridgehead atoms. The molecule has 102 valence electrons. The monoisotopic (exact) mass is 267 g/mol. The number of rotatable bonds is 6. The van der Waals surface area contributed by atoms with E-state index in [1.54, 1.807) is 0 Å². The third-order valence-electron chi connectivity index (χ3n) is 3.24. The highest BCUT2D eigenvalue weighted by Gasteiger charge is 2.21. The zero-order chi connectivity index (χ0) is 13.8. The molecule has 0 saturated heterocycles. The van der Waals surface area contributed by atoms with E-state index >= 15 is 0 Å². The maximum absolute atomic E-state index is 9.20. The fourth-order valence-electron chi connectivity index (χ4n) is 1.60. The minimum atomic E-state index is -1.23. The molecule has 3 N–H and O–H groups in total. The van der Waals surface area contributed by atoms with Crippen LogP contribution in [0.15, 0.2) is 24.3 Å². The van der Waals surface area contributed by atoms with E-state index in [9.17, 15) is 10.2 Å². The first-order valence-electron chi connectivity index (χ1n) is 6.37. The summed E-state index contributed by atoms with van der Waals surface area (Å²) in [5.74, 6) is 0. The Labute approximate surface area is 111 Å². The predicted molar refractivity (Wildman–Crippen MR) is 78.8 cm³/mol. The summed E-state index contributed by atoms with van der Waals surface area (Å²) < 4.78 is 0. The highest BCUT2D eigenvalue weighted by Crippen LogP contribution is 2.07. The molecule has 0 radical (unpaired) electrons. The summed E-state index contributed by atoms with van der Waals surface area (Å²) in [5, 5.41) is 23.0. The molecule has 0 atom stereocenters. The molecule has 1 aromatic rings. The molecule has 1 aromatic carbocycles. The molecule has 0 heterocycles. The molecule has 0 saturated carbocycles. The Morgan fingerprint density at radius 2 is 1.56 bits per heavy atom. The van der Waals surface area contributed by atoms with E-state index in [0.29, 0.717) is 6.54 Å². The van der Waals surface area contributed by atoms with Crippen LogP contribution >= 0.6 is 0 Å². The lowest BCUT2D eigenvalue weighted by molar-refractivity contribution is 0.103. The third kappa shape index (κ3) is 4.21. The quantitative estimate of drug-likeness (QED) is 0.676. The van der Waals surface area contributed by atoms with Gasteiger partial charge in [-0.05, 0) is 12.5 Å². The number of hydrogen-bond donors (Lipinski definition) is 3. The Bertz CT molecular complexity index is 366. The first kappa shape index (κ1) is 15.4. The summed E-state index contributed by atoms with van der Waals surface area (Å²) in [7, 11) is -1.23. The maximum atomic E-state index is 9.20. The Morgan fingerprint density at radius 1 is 1.06 bits per heavy atom. The van der Waals surface area contributed by atoms with Gasteiger partial charge in [0.25, 0.3) is 0 Å². The summed E-state index contributed by atoms with van der Waals surface area (Å²) >= 11 is 0. The minimum Gasteiger partial charge on any atom is -0.394 e. The van der Waals surface area contributed by atoms with E-state index in [1.165, 1.54) is 10.8 Å². The summed E-state index contributed by atoms with van der Waals surface area (Å²) in [5.41, 5.74) is 0.558. The van der Waals surface area contributed by atoms with Gasteiger partial charge in [0, 0.05) is 6.54 Å². The van der Waals surface area contributed by atoms with Gasteiger partial charge in [0.15, 0.2) is 0 Å². The molecule has 0 aliphatic rings. The number of nitrogens with one attached hydrogen (secondary N) is 1. The third-order valence-corrected chi connectivity index (χ3v) is 5.30. The van der Waals surface area contributed by atoms with Crippen LogP contribution in [0.1, 0.15) is 12.5 Å². The smallest absolute Gasteiger partial charge is 0.0775 e. The molecule has 0 fully saturated rings. The van der Waals surface area contributed by atoms with Gasteiger partial charge in [-0.15, -0.1) is 0 Å². The van der Waals surface area contributed by atoms with Crippen LogP contribution in [0.2, 0.25) is 19.6 Å². The van der Waals surface area contributed by atoms with Crippen molar-refractivity contribution in [2.75, 3.05) is 13.2 Å². The molecule has 0 unspecified atom stereocenters. The first-order valence-corrected chi connectivity index (χ1v) is 9.87. The SMILES string of the molecule is CC(CO)(CO)NCc1ccc([Si](C)(C)C)cc1. The number of benzene rings is 1. The molecule has 0 spiro atoms. The second-order valence-electron chi connectivity index (χ2n) is 6.18. The van der Waals surface area contributed by atoms with Crippen molar-refractivity contribution in [3.05, 3.63) is 29.8 Å². The van der Waals surface area contributed by atoms with Crippen molar-refractivity contribution in [1.29, 1.82) is 0 Å². The van der Waals surface area contributed by atoms with Crippen LogP contribution < -0.4 is 10.5 Å². The lowest BCUT2D eigenvalue weighted by Gasteiger charge is -2.26. The molecular weight excluding hydrogens is 242 g/mol. The van der Waals surface area contributed by atoms with E-state index in [0.717, 1.165) is 0 Å². The van der Waals surface area contributed by atoms with Crippen molar-refractivity contribution in [2.45, 2.75) is 38.6 Å². The Morgan fingerprint density at radius 3 is 1.94 bits per heavy atom. The van der Waals surface area contributed by atoms with E-state index < -0.39 is 13.6 Å². The second-order valence-corrected chi connectivity index (χ2v) is 11.3. The number of hydrogen-bond acceptors (Lipinski definition) is 3. The minimum absolute atomic E-state index is 0.0729. The van der Waals surface area contributed by atoms with Crippen molar-refractivity contribution < 1.29 is 10.2 Å². The van der Waals surface area contributed by atoms with E-state index in [4.69, 9.17) is 0 Å². The molecule has 0 aromatic heterocycles. The maximum Gasteiger partial charge on any atom is 0.0775 e. The topological polar surface area (TPSA) is 52.5 Å². The van der Waals surface area contributed by atoms with Crippen LogP contribution in [-0.2, 0) is 6.54 Å². The van der Waals surface area contributed by atoms with Crippen molar-refractivity contribution >= 4 is 13.3 Å². The first-order chi connectivity index (χ1) is 8.30. The summed E-state index contributed by atoms with van der Waals surface area (Å²) in [4.78, 5) is 0. The fourth-order valence-corrected chi connectivity index (χ4v) is 2.77. The van der Waals surface area contributed by atoms with Crippen LogP contribution in [0.25, 0.3) is 0 Å². The largest absolute Gasteiger partial charge is 0.394 e. The van der Waals surface area contributed by atoms with E-state index in [1.807, 2.05) is 6.92 Å². The van der Waals surface area contributed by atoms with Crippen LogP contribution in [0.4, 0.5) is 0 Å². The van der Waals surface area contributed by atoms with E-state index in [2.05, 4.69) is 49.2 Å². The van der Waals surface area contributed by atoms with Gasteiger partial charge in [-0.2, -0.15) is 0 Å². The van der Waals surface area contributed by atoms with Crippen molar-refractivity contribution in [2.24, 2.45) is 0 Å². The predicted octanol–water partition coefficient (Wildman–Crippen LogP) is 1.06. The van der Waals surface area contributed by atoms with Crippen LogP contribution in [0.5, 0.6) is 0 Å². The van der Waals surface area contributed by atoms with Crippen molar-refractivity contribution in [3.8, 4) is 0 Å². The lowest BCUT2D eigenvalue weighted by Crippen LogP contribution is -2.48. The molecule has 4 heteroatoms. The summed E-state index contributed by atoms with van der Waals surface area (Å²) in [6, 6.07) is 8.63. The zero-order valence-corrected chi connectivity index (χ0v) is 12.8. The van der Waals surface area contributed by atoms with Gasteiger partial charge >= 0.3 is 0 Å². The Balaban J connectivity index is 2.65. The van der Waals surface area contributed by atoms with Gasteiger partial charge in [-0.3, -0.25) is 0 Å². The van der Waals surface area contributed by atoms with Gasteiger partial charge in [-0.25, -0.2) is 0 Å². The molecular formula is C14H25NO2Si. The van der Waals surface area contributed by atoms with Crippen molar-refractivity contribution in [3.63, 3.8) is 0 Å². The van der Waals surface area contributed by atoms with Gasteiger partial charge in [0.2, 0.25) is 0 Å². The fraction of sp³-hybridized carbons (Fsp3) is 0.571. The van der Waals surface area contributed by atoms with Gasteiger partial charge in [0.05, 0.1) is 26.8 Å². The number of aliphatic hydroxyl groups excluding tert-OH is 2. The Hall–Kier alpha value is -0.683. The summed E-state index contributed by atoms with van der Waals surface area (Å²) in [6.45, 7) is 9.30. The van der Waals surface area contributed by atoms with Crippen molar-refractivity contribution in [1.82, 2.24) is 5.32 Å². The van der Waals surface area contributed by atoms with Gasteiger partial charge in [0.1, 0.15) is 0 Å². The molecule has 3 nitrogen and oxygen atoms in total. The molecule has 0 aliphatic heterocycles. The normalized spacial score (nSPS) is 12.8. The number of aliphatic hydroxyl groups is 2. The zero-order valence-electron chi connectivity index (χ0n) is 11.8. The van der Waals surface area contributed by atoms with Crippen LogP contribution in [0, 0.1) is 0 Å². The summed E-state index contributed by atoms with van der Waals surface area (Å²) in [6.07, 6.45) is 0. The second kappa shape index (κ2) is 5.97. The average Bonchev–Trinajstić information content (AvgIpc) is 2.35. The van der Waals surface area contributed by atoms with Gasteiger partial charge < -0.3 is 15.5 Å². The highest BCUT2D eigenvalue weighted by atomic mass is 28.3. The van der Waals surface area contributed by atoms with Crippen LogP contribution in [0.3, 0.4) is 0 Å². The standard InChI is InChI=1S/C14H25NO2Si/c1-14(10-16,11-17)15-9-12-5-7-13(8-6-12)18(2,3)4/h5-8,15-17H,9-11H2,1-4H3. The lowest BCUT2D eigenvalue weighted by atomic mass is 10.0. The van der Waals surface area contributed by atoms with Crippen LogP contribution in [-0.4, -0.2) is 37.0 Å². The molecule has 1 rings (SSSR count). The van der Waals surface area contributed by atoms with E-state index in [-0.39, 0.29) is 13.2 Å². The molecule has 0 aliphatic carbocycles. The average molecular weight is 267 g/mol. The Kier molecular flexibility index (Phi) is 5.10. The highest BCUT2D eigenvalue weighted by molar-refractivity contribution is 6.88. The van der Waals surface area contributed by atoms with Gasteiger partial charge in [-0.1, -0.05) is 49.1 Å².